The number of hydrogen-bond acceptors (Lipinski definition) is 5. The number of nitrogens with zero attached hydrogens (tertiary/aromatic N) is 3. The summed E-state index contributed by atoms with van der Waals surface area (Å²) in [5, 5.41) is 3.89. The summed E-state index contributed by atoms with van der Waals surface area (Å²) >= 11 is 0. The number of aryl methyl sites for hydroxylation is 1. The minimum absolute atomic E-state index is 0.149. The van der Waals surface area contributed by atoms with Crippen LogP contribution in [0.25, 0.3) is 0 Å². The zero-order valence-electron chi connectivity index (χ0n) is 8.55. The van der Waals surface area contributed by atoms with Gasteiger partial charge >= 0.3 is 5.97 Å². The molecule has 15 heavy (non-hydrogen) atoms. The van der Waals surface area contributed by atoms with E-state index in [4.69, 9.17) is 4.74 Å². The zero-order chi connectivity index (χ0) is 11.1. The van der Waals surface area contributed by atoms with E-state index in [9.17, 15) is 9.59 Å². The van der Waals surface area contributed by atoms with Crippen LogP contribution in [-0.2, 0) is 20.9 Å². The lowest BCUT2D eigenvalue weighted by Gasteiger charge is -2.03. The van der Waals surface area contributed by atoms with Crippen molar-refractivity contribution in [1.82, 2.24) is 14.8 Å². The Morgan fingerprint density at radius 1 is 1.47 bits per heavy atom. The highest BCUT2D eigenvalue weighted by Crippen LogP contribution is 1.92. The van der Waals surface area contributed by atoms with Gasteiger partial charge in [-0.15, -0.1) is 0 Å². The Bertz CT molecular complexity index is 321. The maximum atomic E-state index is 10.9. The van der Waals surface area contributed by atoms with Crippen molar-refractivity contribution in [2.24, 2.45) is 0 Å². The molecule has 0 spiro atoms. The second-order valence-electron chi connectivity index (χ2n) is 3.11. The molecule has 0 aliphatic rings. The molecule has 1 aromatic heterocycles. The highest BCUT2D eigenvalue weighted by Gasteiger charge is 2.05. The minimum Gasteiger partial charge on any atom is -0.465 e. The highest BCUT2D eigenvalue weighted by atomic mass is 16.5. The van der Waals surface area contributed by atoms with Crippen LogP contribution in [0.1, 0.15) is 19.8 Å². The largest absolute Gasteiger partial charge is 0.465 e. The number of esters is 1. The Morgan fingerprint density at radius 2 is 2.27 bits per heavy atom. The standard InChI is InChI=1S/C9H13N3O3/c1-8(13)5-9(14)15-4-2-3-12-7-10-6-11-12/h6-7H,2-5H2,1H3. The monoisotopic (exact) mass is 211 g/mol. The average Bonchev–Trinajstić information content (AvgIpc) is 2.63. The fourth-order valence-electron chi connectivity index (χ4n) is 1.02. The van der Waals surface area contributed by atoms with E-state index in [0.717, 1.165) is 0 Å². The topological polar surface area (TPSA) is 74.1 Å². The normalized spacial score (nSPS) is 9.93. The van der Waals surface area contributed by atoms with Crippen molar-refractivity contribution in [3.05, 3.63) is 12.7 Å². The summed E-state index contributed by atoms with van der Waals surface area (Å²) in [6.45, 7) is 2.30. The first kappa shape index (κ1) is 11.4. The van der Waals surface area contributed by atoms with Gasteiger partial charge in [-0.05, 0) is 6.92 Å². The Balaban J connectivity index is 2.06. The van der Waals surface area contributed by atoms with Gasteiger partial charge in [0.1, 0.15) is 24.9 Å². The predicted octanol–water partition coefficient (Wildman–Crippen LogP) is 0.190. The number of ketones is 1. The van der Waals surface area contributed by atoms with Gasteiger partial charge in [0.05, 0.1) is 6.61 Å². The molecule has 0 aromatic carbocycles. The molecule has 0 unspecified atom stereocenters. The molecule has 1 heterocycles. The molecule has 0 atom stereocenters. The number of ether oxygens (including phenoxy) is 1. The third-order valence-electron chi connectivity index (χ3n) is 1.65. The van der Waals surface area contributed by atoms with Crippen LogP contribution in [0.2, 0.25) is 0 Å². The molecule has 6 nitrogen and oxygen atoms in total. The minimum atomic E-state index is -0.471. The molecule has 1 aromatic rings. The Hall–Kier alpha value is -1.72. The summed E-state index contributed by atoms with van der Waals surface area (Å²) in [5.74, 6) is -0.655. The third kappa shape index (κ3) is 4.90. The van der Waals surface area contributed by atoms with Crippen LogP contribution >= 0.6 is 0 Å². The van der Waals surface area contributed by atoms with Crippen LogP contribution < -0.4 is 0 Å². The fraction of sp³-hybridized carbons (Fsp3) is 0.556. The van der Waals surface area contributed by atoms with Crippen LogP contribution in [0.3, 0.4) is 0 Å². The van der Waals surface area contributed by atoms with Crippen molar-refractivity contribution in [1.29, 1.82) is 0 Å². The van der Waals surface area contributed by atoms with Gasteiger partial charge in [0, 0.05) is 13.0 Å². The lowest BCUT2D eigenvalue weighted by molar-refractivity contribution is -0.145. The van der Waals surface area contributed by atoms with Gasteiger partial charge in [0.15, 0.2) is 0 Å². The van der Waals surface area contributed by atoms with Crippen LogP contribution in [0.15, 0.2) is 12.7 Å². The summed E-state index contributed by atoms with van der Waals surface area (Å²) in [7, 11) is 0. The number of hydrogen-bond donors (Lipinski definition) is 0. The molecule has 0 fully saturated rings. The van der Waals surface area contributed by atoms with E-state index in [1.54, 1.807) is 11.0 Å². The molecule has 0 bridgehead atoms. The maximum absolute atomic E-state index is 10.9. The van der Waals surface area contributed by atoms with E-state index < -0.39 is 5.97 Å². The van der Waals surface area contributed by atoms with Gasteiger partial charge in [-0.3, -0.25) is 14.3 Å². The maximum Gasteiger partial charge on any atom is 0.313 e. The smallest absolute Gasteiger partial charge is 0.313 e. The molecule has 82 valence electrons. The van der Waals surface area contributed by atoms with Gasteiger partial charge in [0.25, 0.3) is 0 Å². The quantitative estimate of drug-likeness (QED) is 0.381. The van der Waals surface area contributed by atoms with E-state index in [-0.39, 0.29) is 12.2 Å². The van der Waals surface area contributed by atoms with E-state index >= 15 is 0 Å². The van der Waals surface area contributed by atoms with Crippen LogP contribution in [0, 0.1) is 0 Å². The van der Waals surface area contributed by atoms with Crippen LogP contribution in [0.4, 0.5) is 0 Å². The van der Waals surface area contributed by atoms with Gasteiger partial charge in [-0.2, -0.15) is 5.10 Å². The van der Waals surface area contributed by atoms with Crippen molar-refractivity contribution < 1.29 is 14.3 Å². The van der Waals surface area contributed by atoms with E-state index in [1.165, 1.54) is 13.3 Å². The lowest BCUT2D eigenvalue weighted by Crippen LogP contribution is -2.11. The molecular formula is C9H13N3O3. The summed E-state index contributed by atoms with van der Waals surface area (Å²) in [6, 6.07) is 0. The zero-order valence-corrected chi connectivity index (χ0v) is 8.55. The molecule has 6 heteroatoms. The molecule has 0 saturated heterocycles. The Labute approximate surface area is 87.2 Å². The SMILES string of the molecule is CC(=O)CC(=O)OCCCn1cncn1. The predicted molar refractivity (Wildman–Crippen MR) is 50.9 cm³/mol. The van der Waals surface area contributed by atoms with E-state index in [1.807, 2.05) is 0 Å². The highest BCUT2D eigenvalue weighted by molar-refractivity contribution is 5.94. The molecular weight excluding hydrogens is 198 g/mol. The molecule has 0 amide bonds. The van der Waals surface area contributed by atoms with E-state index in [2.05, 4.69) is 10.1 Å². The molecule has 0 saturated carbocycles. The molecule has 0 aliphatic heterocycles. The number of Topliss-reactive ketones (excluding diaryl/α,β-unsaturated/α-hetero) is 1. The average molecular weight is 211 g/mol. The van der Waals surface area contributed by atoms with Crippen LogP contribution in [0.5, 0.6) is 0 Å². The van der Waals surface area contributed by atoms with Gasteiger partial charge < -0.3 is 4.74 Å². The van der Waals surface area contributed by atoms with Crippen molar-refractivity contribution in [2.75, 3.05) is 6.61 Å². The molecule has 1 rings (SSSR count). The third-order valence-corrected chi connectivity index (χ3v) is 1.65. The first-order chi connectivity index (χ1) is 7.18. The number of aromatic nitrogens is 3. The number of rotatable bonds is 6. The lowest BCUT2D eigenvalue weighted by atomic mass is 10.3. The summed E-state index contributed by atoms with van der Waals surface area (Å²) < 4.78 is 6.48. The summed E-state index contributed by atoms with van der Waals surface area (Å²) in [5.41, 5.74) is 0. The first-order valence-corrected chi connectivity index (χ1v) is 4.66. The van der Waals surface area contributed by atoms with Crippen molar-refractivity contribution in [3.8, 4) is 0 Å². The van der Waals surface area contributed by atoms with Crippen molar-refractivity contribution in [2.45, 2.75) is 26.3 Å². The summed E-state index contributed by atoms with van der Waals surface area (Å²) in [6.07, 6.45) is 3.55. The fourth-order valence-corrected chi connectivity index (χ4v) is 1.02. The van der Waals surface area contributed by atoms with Gasteiger partial charge in [-0.1, -0.05) is 0 Å². The van der Waals surface area contributed by atoms with Crippen LogP contribution in [-0.4, -0.2) is 33.1 Å². The van der Waals surface area contributed by atoms with Gasteiger partial charge in [-0.25, -0.2) is 4.98 Å². The van der Waals surface area contributed by atoms with Crippen molar-refractivity contribution >= 4 is 11.8 Å². The second-order valence-corrected chi connectivity index (χ2v) is 3.11. The second kappa shape index (κ2) is 5.90. The molecule has 0 N–H and O–H groups in total. The molecule has 0 aliphatic carbocycles. The van der Waals surface area contributed by atoms with E-state index in [0.29, 0.717) is 19.6 Å². The summed E-state index contributed by atoms with van der Waals surface area (Å²) in [4.78, 5) is 25.3. The van der Waals surface area contributed by atoms with Gasteiger partial charge in [0.2, 0.25) is 0 Å². The Morgan fingerprint density at radius 3 is 2.87 bits per heavy atom. The molecule has 0 radical (unpaired) electrons. The number of carbonyl (C=O) groups is 2. The van der Waals surface area contributed by atoms with Crippen molar-refractivity contribution in [3.63, 3.8) is 0 Å². The first-order valence-electron chi connectivity index (χ1n) is 4.66. The Kier molecular flexibility index (Phi) is 4.46. The number of carbonyl (C=O) groups excluding carboxylic acids is 2.